The van der Waals surface area contributed by atoms with Crippen LogP contribution in [0.2, 0.25) is 5.02 Å². The van der Waals surface area contributed by atoms with Crippen LogP contribution in [0.1, 0.15) is 13.3 Å². The van der Waals surface area contributed by atoms with Crippen LogP contribution in [-0.4, -0.2) is 26.8 Å². The average molecular weight is 488 g/mol. The number of nitrogens with one attached hydrogen (secondary N) is 3. The molecule has 0 unspecified atom stereocenters. The van der Waals surface area contributed by atoms with Gasteiger partial charge in [0.05, 0.1) is 15.6 Å². The van der Waals surface area contributed by atoms with Crippen molar-refractivity contribution in [2.45, 2.75) is 18.2 Å². The first-order valence-corrected chi connectivity index (χ1v) is 11.8. The maximum atomic E-state index is 12.4. The molecule has 0 bridgehead atoms. The van der Waals surface area contributed by atoms with E-state index < -0.39 is 15.9 Å². The Morgan fingerprint density at radius 1 is 0.879 bits per heavy atom. The number of benzene rings is 3. The quantitative estimate of drug-likeness (QED) is 0.414. The zero-order chi connectivity index (χ0) is 23.8. The SMILES string of the molecule is CC(=O)Nc1ccc(S(=O)(=O)NCCC(=O)Nc2ccccc2Oc2ccccc2Cl)cc1. The van der Waals surface area contributed by atoms with Gasteiger partial charge in [-0.1, -0.05) is 35.9 Å². The van der Waals surface area contributed by atoms with Gasteiger partial charge in [-0.15, -0.1) is 0 Å². The third-order valence-electron chi connectivity index (χ3n) is 4.35. The van der Waals surface area contributed by atoms with E-state index in [1.54, 1.807) is 48.5 Å². The number of rotatable bonds is 9. The van der Waals surface area contributed by atoms with Gasteiger partial charge in [0.1, 0.15) is 5.75 Å². The number of halogens is 1. The van der Waals surface area contributed by atoms with Crippen LogP contribution in [0.4, 0.5) is 11.4 Å². The van der Waals surface area contributed by atoms with Crippen LogP contribution in [0.15, 0.2) is 77.7 Å². The maximum absolute atomic E-state index is 12.4. The number of ether oxygens (including phenoxy) is 1. The Labute approximate surface area is 197 Å². The topological polar surface area (TPSA) is 114 Å². The first-order valence-electron chi connectivity index (χ1n) is 9.93. The van der Waals surface area contributed by atoms with Gasteiger partial charge in [0.2, 0.25) is 21.8 Å². The predicted molar refractivity (Wildman–Crippen MR) is 127 cm³/mol. The van der Waals surface area contributed by atoms with Crippen molar-refractivity contribution in [1.82, 2.24) is 4.72 Å². The minimum absolute atomic E-state index is 0.0236. The van der Waals surface area contributed by atoms with E-state index in [2.05, 4.69) is 15.4 Å². The first-order chi connectivity index (χ1) is 15.7. The van der Waals surface area contributed by atoms with E-state index in [-0.39, 0.29) is 23.8 Å². The molecule has 3 N–H and O–H groups in total. The molecule has 0 atom stereocenters. The molecule has 0 aromatic heterocycles. The molecule has 10 heteroatoms. The molecule has 172 valence electrons. The Morgan fingerprint density at radius 3 is 2.18 bits per heavy atom. The molecule has 0 aliphatic heterocycles. The molecule has 0 aliphatic carbocycles. The van der Waals surface area contributed by atoms with Crippen molar-refractivity contribution in [3.8, 4) is 11.5 Å². The van der Waals surface area contributed by atoms with Crippen molar-refractivity contribution in [3.05, 3.63) is 77.8 Å². The van der Waals surface area contributed by atoms with Crippen LogP contribution in [0.25, 0.3) is 0 Å². The summed E-state index contributed by atoms with van der Waals surface area (Å²) in [5, 5.41) is 5.71. The Balaban J connectivity index is 1.56. The summed E-state index contributed by atoms with van der Waals surface area (Å²) in [6.07, 6.45) is -0.0936. The molecule has 0 spiro atoms. The molecule has 0 radical (unpaired) electrons. The molecule has 3 aromatic rings. The zero-order valence-electron chi connectivity index (χ0n) is 17.7. The van der Waals surface area contributed by atoms with Gasteiger partial charge < -0.3 is 15.4 Å². The summed E-state index contributed by atoms with van der Waals surface area (Å²) in [4.78, 5) is 23.5. The number of para-hydroxylation sites is 3. The van der Waals surface area contributed by atoms with Crippen LogP contribution in [0.5, 0.6) is 11.5 Å². The minimum Gasteiger partial charge on any atom is -0.454 e. The van der Waals surface area contributed by atoms with Crippen LogP contribution in [0, 0.1) is 0 Å². The third kappa shape index (κ3) is 7.04. The second-order valence-corrected chi connectivity index (χ2v) is 9.10. The van der Waals surface area contributed by atoms with Crippen LogP contribution < -0.4 is 20.1 Å². The lowest BCUT2D eigenvalue weighted by atomic mass is 10.2. The second kappa shape index (κ2) is 11.0. The smallest absolute Gasteiger partial charge is 0.240 e. The summed E-state index contributed by atoms with van der Waals surface area (Å²) in [7, 11) is -3.81. The number of carbonyl (C=O) groups is 2. The number of hydrogen-bond donors (Lipinski definition) is 3. The highest BCUT2D eigenvalue weighted by Crippen LogP contribution is 2.33. The third-order valence-corrected chi connectivity index (χ3v) is 6.14. The van der Waals surface area contributed by atoms with Gasteiger partial charge in [-0.2, -0.15) is 0 Å². The fourth-order valence-corrected chi connectivity index (χ4v) is 4.03. The Bertz CT molecular complexity index is 1250. The number of amides is 2. The monoisotopic (exact) mass is 487 g/mol. The van der Waals surface area contributed by atoms with E-state index in [0.29, 0.717) is 27.9 Å². The normalized spacial score (nSPS) is 11.0. The van der Waals surface area contributed by atoms with Crippen molar-refractivity contribution in [1.29, 1.82) is 0 Å². The summed E-state index contributed by atoms with van der Waals surface area (Å²) in [6, 6.07) is 19.5. The standard InChI is InChI=1S/C23H22ClN3O5S/c1-16(28)26-17-10-12-18(13-11-17)33(30,31)25-15-14-23(29)27-20-7-3-5-9-22(20)32-21-8-4-2-6-19(21)24/h2-13,25H,14-15H2,1H3,(H,26,28)(H,27,29). The summed E-state index contributed by atoms with van der Waals surface area (Å²) in [6.45, 7) is 1.26. The second-order valence-electron chi connectivity index (χ2n) is 6.93. The molecular formula is C23H22ClN3O5S. The minimum atomic E-state index is -3.81. The Hall–Kier alpha value is -3.40. The van der Waals surface area contributed by atoms with Gasteiger partial charge >= 0.3 is 0 Å². The molecule has 0 fully saturated rings. The molecule has 3 aromatic carbocycles. The largest absolute Gasteiger partial charge is 0.454 e. The fourth-order valence-electron chi connectivity index (χ4n) is 2.82. The fraction of sp³-hybridized carbons (Fsp3) is 0.130. The van der Waals surface area contributed by atoms with Crippen molar-refractivity contribution in [2.24, 2.45) is 0 Å². The van der Waals surface area contributed by atoms with Crippen molar-refractivity contribution in [2.75, 3.05) is 17.2 Å². The van der Waals surface area contributed by atoms with Gasteiger partial charge in [-0.3, -0.25) is 9.59 Å². The van der Waals surface area contributed by atoms with Gasteiger partial charge in [-0.05, 0) is 48.5 Å². The lowest BCUT2D eigenvalue weighted by Gasteiger charge is -2.13. The van der Waals surface area contributed by atoms with E-state index in [1.807, 2.05) is 0 Å². The molecule has 3 rings (SSSR count). The van der Waals surface area contributed by atoms with E-state index in [0.717, 1.165) is 0 Å². The number of carbonyl (C=O) groups excluding carboxylic acids is 2. The van der Waals surface area contributed by atoms with Crippen LogP contribution >= 0.6 is 11.6 Å². The average Bonchev–Trinajstić information content (AvgIpc) is 2.76. The lowest BCUT2D eigenvalue weighted by Crippen LogP contribution is -2.28. The van der Waals surface area contributed by atoms with E-state index in [9.17, 15) is 18.0 Å². The summed E-state index contributed by atoms with van der Waals surface area (Å²) in [5.41, 5.74) is 0.914. The first kappa shape index (κ1) is 24.2. The molecule has 33 heavy (non-hydrogen) atoms. The number of hydrogen-bond acceptors (Lipinski definition) is 5. The van der Waals surface area contributed by atoms with Crippen molar-refractivity contribution in [3.63, 3.8) is 0 Å². The van der Waals surface area contributed by atoms with E-state index in [1.165, 1.54) is 31.2 Å². The van der Waals surface area contributed by atoms with E-state index in [4.69, 9.17) is 16.3 Å². The molecule has 0 saturated heterocycles. The van der Waals surface area contributed by atoms with Crippen LogP contribution in [-0.2, 0) is 19.6 Å². The molecule has 8 nitrogen and oxygen atoms in total. The highest BCUT2D eigenvalue weighted by Gasteiger charge is 2.15. The van der Waals surface area contributed by atoms with E-state index >= 15 is 0 Å². The maximum Gasteiger partial charge on any atom is 0.240 e. The van der Waals surface area contributed by atoms with Crippen molar-refractivity contribution >= 4 is 44.8 Å². The Kier molecular flexibility index (Phi) is 8.05. The van der Waals surface area contributed by atoms with Gasteiger partial charge in [0.25, 0.3) is 0 Å². The van der Waals surface area contributed by atoms with Gasteiger partial charge in [-0.25, -0.2) is 13.1 Å². The molecule has 0 saturated carbocycles. The van der Waals surface area contributed by atoms with Gasteiger partial charge in [0, 0.05) is 25.6 Å². The molecule has 0 heterocycles. The highest BCUT2D eigenvalue weighted by atomic mass is 35.5. The molecule has 0 aliphatic rings. The lowest BCUT2D eigenvalue weighted by molar-refractivity contribution is -0.116. The zero-order valence-corrected chi connectivity index (χ0v) is 19.2. The molecule has 2 amide bonds. The van der Waals surface area contributed by atoms with Crippen LogP contribution in [0.3, 0.4) is 0 Å². The Morgan fingerprint density at radius 2 is 1.52 bits per heavy atom. The summed E-state index contributed by atoms with van der Waals surface area (Å²) >= 11 is 6.13. The van der Waals surface area contributed by atoms with Gasteiger partial charge in [0.15, 0.2) is 5.75 Å². The van der Waals surface area contributed by atoms with Crippen molar-refractivity contribution < 1.29 is 22.7 Å². The molecular weight excluding hydrogens is 466 g/mol. The summed E-state index contributed by atoms with van der Waals surface area (Å²) in [5.74, 6) is 0.194. The predicted octanol–water partition coefficient (Wildman–Crippen LogP) is 4.40. The number of sulfonamides is 1. The highest BCUT2D eigenvalue weighted by molar-refractivity contribution is 7.89. The number of anilines is 2. The summed E-state index contributed by atoms with van der Waals surface area (Å²) < 4.78 is 33.1.